The molecule has 2 aromatic rings. The van der Waals surface area contributed by atoms with Crippen molar-refractivity contribution in [3.8, 4) is 0 Å². The normalized spacial score (nSPS) is 18.5. The van der Waals surface area contributed by atoms with E-state index in [4.69, 9.17) is 0 Å². The molecule has 4 rings (SSSR count). The number of benzene rings is 1. The van der Waals surface area contributed by atoms with Crippen LogP contribution in [-0.2, 0) is 14.8 Å². The lowest BCUT2D eigenvalue weighted by Crippen LogP contribution is -2.53. The van der Waals surface area contributed by atoms with Gasteiger partial charge in [-0.3, -0.25) is 9.78 Å². The third kappa shape index (κ3) is 5.93. The lowest BCUT2D eigenvalue weighted by Gasteiger charge is -2.38. The lowest BCUT2D eigenvalue weighted by molar-refractivity contribution is -0.134. The van der Waals surface area contributed by atoms with Crippen LogP contribution in [0.1, 0.15) is 25.3 Å². The van der Waals surface area contributed by atoms with Crippen LogP contribution in [0.15, 0.2) is 59.8 Å². The number of piperidine rings is 1. The van der Waals surface area contributed by atoms with Crippen LogP contribution in [0.4, 0.5) is 5.69 Å². The minimum atomic E-state index is -3.67. The molecule has 178 valence electrons. The number of nitrogens with zero attached hydrogens (tertiary/aromatic N) is 4. The number of sulfonamides is 1. The van der Waals surface area contributed by atoms with Crippen LogP contribution < -0.4 is 4.90 Å². The van der Waals surface area contributed by atoms with Gasteiger partial charge >= 0.3 is 0 Å². The van der Waals surface area contributed by atoms with Gasteiger partial charge in [0.2, 0.25) is 15.9 Å². The van der Waals surface area contributed by atoms with Gasteiger partial charge in [0, 0.05) is 50.8 Å². The molecule has 0 aliphatic carbocycles. The highest BCUT2D eigenvalue weighted by Gasteiger charge is 2.34. The van der Waals surface area contributed by atoms with Gasteiger partial charge in [0.25, 0.3) is 0 Å². The van der Waals surface area contributed by atoms with Gasteiger partial charge in [-0.05, 0) is 55.5 Å². The molecule has 0 unspecified atom stereocenters. The van der Waals surface area contributed by atoms with Crippen LogP contribution in [0.25, 0.3) is 6.08 Å². The molecule has 1 aromatic carbocycles. The Balaban J connectivity index is 0.00000306. The number of hydrogen-bond acceptors (Lipinski definition) is 5. The van der Waals surface area contributed by atoms with E-state index in [1.54, 1.807) is 24.3 Å². The summed E-state index contributed by atoms with van der Waals surface area (Å²) in [7, 11) is -3.67. The quantitative estimate of drug-likeness (QED) is 0.621. The Kier molecular flexibility index (Phi) is 8.51. The SMILES string of the molecule is CC=Cc1ccc(S(=O)(=O)N2CCN(CC3CCN(c4ccncc4)CC3)C(=O)C2)cc1.Cl. The average molecular weight is 491 g/mol. The second kappa shape index (κ2) is 11.1. The average Bonchev–Trinajstić information content (AvgIpc) is 2.82. The van der Waals surface area contributed by atoms with E-state index in [9.17, 15) is 13.2 Å². The number of amides is 1. The van der Waals surface area contributed by atoms with E-state index in [-0.39, 0.29) is 29.8 Å². The molecule has 3 heterocycles. The van der Waals surface area contributed by atoms with Gasteiger partial charge in [0.05, 0.1) is 11.4 Å². The van der Waals surface area contributed by atoms with Crippen molar-refractivity contribution in [2.45, 2.75) is 24.7 Å². The first-order valence-electron chi connectivity index (χ1n) is 11.1. The van der Waals surface area contributed by atoms with Crippen molar-refractivity contribution in [1.82, 2.24) is 14.2 Å². The van der Waals surface area contributed by atoms with Crippen molar-refractivity contribution in [3.05, 3.63) is 60.4 Å². The summed E-state index contributed by atoms with van der Waals surface area (Å²) >= 11 is 0. The Morgan fingerprint density at radius 3 is 2.27 bits per heavy atom. The fourth-order valence-electron chi connectivity index (χ4n) is 4.42. The number of carbonyl (C=O) groups excluding carboxylic acids is 1. The molecule has 0 spiro atoms. The maximum atomic E-state index is 13.0. The van der Waals surface area contributed by atoms with Crippen molar-refractivity contribution in [2.24, 2.45) is 5.92 Å². The van der Waals surface area contributed by atoms with E-state index in [0.717, 1.165) is 31.5 Å². The molecular formula is C24H31ClN4O3S. The lowest BCUT2D eigenvalue weighted by atomic mass is 9.95. The van der Waals surface area contributed by atoms with Gasteiger partial charge in [-0.1, -0.05) is 24.3 Å². The molecule has 2 aliphatic rings. The van der Waals surface area contributed by atoms with Crippen molar-refractivity contribution >= 4 is 40.1 Å². The Hall–Kier alpha value is -2.42. The van der Waals surface area contributed by atoms with Gasteiger partial charge < -0.3 is 9.80 Å². The molecule has 0 N–H and O–H groups in total. The highest BCUT2D eigenvalue weighted by Crippen LogP contribution is 2.25. The maximum Gasteiger partial charge on any atom is 0.243 e. The van der Waals surface area contributed by atoms with E-state index in [0.29, 0.717) is 25.6 Å². The van der Waals surface area contributed by atoms with Crippen LogP contribution >= 0.6 is 12.4 Å². The molecule has 2 saturated heterocycles. The zero-order chi connectivity index (χ0) is 22.6. The summed E-state index contributed by atoms with van der Waals surface area (Å²) in [5, 5.41) is 0. The Morgan fingerprint density at radius 2 is 1.67 bits per heavy atom. The third-order valence-corrected chi connectivity index (χ3v) is 8.14. The number of halogens is 1. The molecule has 0 atom stereocenters. The Labute approximate surface area is 202 Å². The summed E-state index contributed by atoms with van der Waals surface area (Å²) < 4.78 is 27.3. The number of rotatable bonds is 6. The Bertz CT molecular complexity index is 1050. The number of aromatic nitrogens is 1. The fraction of sp³-hybridized carbons (Fsp3) is 0.417. The zero-order valence-corrected chi connectivity index (χ0v) is 20.5. The molecule has 2 aliphatic heterocycles. The molecule has 9 heteroatoms. The van der Waals surface area contributed by atoms with Gasteiger partial charge in [-0.25, -0.2) is 8.42 Å². The summed E-state index contributed by atoms with van der Waals surface area (Å²) in [6, 6.07) is 10.8. The molecule has 1 aromatic heterocycles. The molecule has 7 nitrogen and oxygen atoms in total. The number of piperazine rings is 1. The molecule has 2 fully saturated rings. The number of anilines is 1. The van der Waals surface area contributed by atoms with Crippen LogP contribution in [0.3, 0.4) is 0 Å². The molecular weight excluding hydrogens is 460 g/mol. The second-order valence-electron chi connectivity index (χ2n) is 8.38. The molecule has 0 bridgehead atoms. The summed E-state index contributed by atoms with van der Waals surface area (Å²) in [6.45, 7) is 5.23. The monoisotopic (exact) mass is 490 g/mol. The van der Waals surface area contributed by atoms with Crippen molar-refractivity contribution < 1.29 is 13.2 Å². The topological polar surface area (TPSA) is 73.8 Å². The molecule has 33 heavy (non-hydrogen) atoms. The molecule has 0 saturated carbocycles. The van der Waals surface area contributed by atoms with Gasteiger partial charge in [-0.2, -0.15) is 4.31 Å². The minimum Gasteiger partial charge on any atom is -0.371 e. The van der Waals surface area contributed by atoms with E-state index in [1.807, 2.05) is 48.5 Å². The van der Waals surface area contributed by atoms with E-state index in [2.05, 4.69) is 9.88 Å². The number of carbonyl (C=O) groups is 1. The van der Waals surface area contributed by atoms with Crippen LogP contribution in [0.5, 0.6) is 0 Å². The number of allylic oxidation sites excluding steroid dienone is 1. The molecule has 0 radical (unpaired) electrons. The molecule has 1 amide bonds. The predicted octanol–water partition coefficient (Wildman–Crippen LogP) is 3.29. The summed E-state index contributed by atoms with van der Waals surface area (Å²) in [5.74, 6) is 0.335. The first-order chi connectivity index (χ1) is 15.5. The fourth-order valence-corrected chi connectivity index (χ4v) is 5.80. The zero-order valence-electron chi connectivity index (χ0n) is 18.8. The maximum absolute atomic E-state index is 13.0. The summed E-state index contributed by atoms with van der Waals surface area (Å²) in [4.78, 5) is 21.3. The van der Waals surface area contributed by atoms with E-state index < -0.39 is 10.0 Å². The van der Waals surface area contributed by atoms with Gasteiger partial charge in [0.1, 0.15) is 0 Å². The summed E-state index contributed by atoms with van der Waals surface area (Å²) in [5.41, 5.74) is 2.13. The third-order valence-electron chi connectivity index (χ3n) is 6.28. The highest BCUT2D eigenvalue weighted by molar-refractivity contribution is 7.89. The first-order valence-corrected chi connectivity index (χ1v) is 12.6. The van der Waals surface area contributed by atoms with Crippen LogP contribution in [-0.4, -0.2) is 67.8 Å². The number of pyridine rings is 1. The van der Waals surface area contributed by atoms with Crippen molar-refractivity contribution in [2.75, 3.05) is 44.2 Å². The number of hydrogen-bond donors (Lipinski definition) is 0. The Morgan fingerprint density at radius 1 is 1.00 bits per heavy atom. The standard InChI is InChI=1S/C24H30N4O3S.ClH/c1-2-3-20-4-6-23(7-5-20)32(30,31)28-17-16-27(24(29)19-28)18-21-10-14-26(15-11-21)22-8-12-25-13-9-22;/h2-9,12-13,21H,10-11,14-19H2,1H3;1H. The highest BCUT2D eigenvalue weighted by atomic mass is 35.5. The second-order valence-corrected chi connectivity index (χ2v) is 10.3. The van der Waals surface area contributed by atoms with Gasteiger partial charge in [-0.15, -0.1) is 12.4 Å². The van der Waals surface area contributed by atoms with Crippen LogP contribution in [0, 0.1) is 5.92 Å². The van der Waals surface area contributed by atoms with E-state index >= 15 is 0 Å². The first kappa shape index (κ1) is 25.2. The minimum absolute atomic E-state index is 0. The smallest absolute Gasteiger partial charge is 0.243 e. The van der Waals surface area contributed by atoms with Crippen molar-refractivity contribution in [3.63, 3.8) is 0 Å². The predicted molar refractivity (Wildman–Crippen MR) is 133 cm³/mol. The van der Waals surface area contributed by atoms with E-state index in [1.165, 1.54) is 9.99 Å². The summed E-state index contributed by atoms with van der Waals surface area (Å²) in [6.07, 6.45) is 9.48. The van der Waals surface area contributed by atoms with Crippen molar-refractivity contribution in [1.29, 1.82) is 0 Å². The van der Waals surface area contributed by atoms with Crippen LogP contribution in [0.2, 0.25) is 0 Å². The largest absolute Gasteiger partial charge is 0.371 e. The van der Waals surface area contributed by atoms with Gasteiger partial charge in [0.15, 0.2) is 0 Å².